The molecule has 7 nitrogen and oxygen atoms in total. The fourth-order valence-electron chi connectivity index (χ4n) is 5.69. The van der Waals surface area contributed by atoms with Crippen LogP contribution >= 0.6 is 11.6 Å². The minimum atomic E-state index is -0.723. The summed E-state index contributed by atoms with van der Waals surface area (Å²) in [6.07, 6.45) is 4.31. The first-order valence-corrected chi connectivity index (χ1v) is 15.6. The van der Waals surface area contributed by atoms with E-state index in [0.29, 0.717) is 47.2 Å². The van der Waals surface area contributed by atoms with Crippen molar-refractivity contribution in [2.45, 2.75) is 38.1 Å². The van der Waals surface area contributed by atoms with Crippen LogP contribution in [-0.4, -0.2) is 44.0 Å². The summed E-state index contributed by atoms with van der Waals surface area (Å²) in [6.45, 7) is 0.704. The van der Waals surface area contributed by atoms with E-state index in [4.69, 9.17) is 21.1 Å². The molecule has 1 amide bonds. The van der Waals surface area contributed by atoms with Crippen LogP contribution in [0.2, 0.25) is 5.02 Å². The van der Waals surface area contributed by atoms with E-state index in [2.05, 4.69) is 5.32 Å². The van der Waals surface area contributed by atoms with Gasteiger partial charge in [0.05, 0.1) is 13.7 Å². The van der Waals surface area contributed by atoms with Gasteiger partial charge in [0.25, 0.3) is 0 Å². The number of hydrogen-bond acceptors (Lipinski definition) is 6. The number of esters is 1. The Morgan fingerprint density at radius 1 is 0.889 bits per heavy atom. The number of rotatable bonds is 13. The average molecular weight is 625 g/mol. The van der Waals surface area contributed by atoms with Gasteiger partial charge >= 0.3 is 5.97 Å². The lowest BCUT2D eigenvalue weighted by Crippen LogP contribution is -2.38. The third kappa shape index (κ3) is 8.31. The van der Waals surface area contributed by atoms with Crippen LogP contribution in [0.4, 0.5) is 11.4 Å². The van der Waals surface area contributed by atoms with Gasteiger partial charge in [0.2, 0.25) is 5.91 Å². The minimum absolute atomic E-state index is 0.0306. The highest BCUT2D eigenvalue weighted by Gasteiger charge is 2.28. The quantitative estimate of drug-likeness (QED) is 0.123. The lowest BCUT2D eigenvalue weighted by molar-refractivity contribution is -0.141. The molecule has 4 aromatic rings. The summed E-state index contributed by atoms with van der Waals surface area (Å²) < 4.78 is 11.1. The highest BCUT2D eigenvalue weighted by molar-refractivity contribution is 6.30. The number of anilines is 2. The second-order valence-electron chi connectivity index (χ2n) is 11.1. The standard InChI is InChI=1S/C37H37ClN2O5/c1-44-37(43)34(39-33-17-8-7-16-32(33)35(41)27-10-3-2-4-11-27)24-26-18-20-31(21-19-26)45-23-22-40(30-15-9-14-29(38)25-30)36(42)28-12-5-6-13-28/h2-4,7-11,14-21,25,28,34,39H,5-6,12-13,22-24H2,1H3. The van der Waals surface area contributed by atoms with Gasteiger partial charge in [-0.15, -0.1) is 0 Å². The molecule has 0 saturated heterocycles. The lowest BCUT2D eigenvalue weighted by atomic mass is 10.00. The molecule has 4 aromatic carbocycles. The highest BCUT2D eigenvalue weighted by atomic mass is 35.5. The molecular weight excluding hydrogens is 588 g/mol. The summed E-state index contributed by atoms with van der Waals surface area (Å²) in [7, 11) is 1.35. The van der Waals surface area contributed by atoms with Gasteiger partial charge < -0.3 is 19.7 Å². The van der Waals surface area contributed by atoms with Crippen molar-refractivity contribution in [3.05, 3.63) is 125 Å². The summed E-state index contributed by atoms with van der Waals surface area (Å²) in [5.41, 5.74) is 3.24. The summed E-state index contributed by atoms with van der Waals surface area (Å²) in [5.74, 6) is 0.220. The zero-order valence-corrected chi connectivity index (χ0v) is 26.0. The SMILES string of the molecule is COC(=O)C(Cc1ccc(OCCN(C(=O)C2CCCC2)c2cccc(Cl)c2)cc1)Nc1ccccc1C(=O)c1ccccc1. The first-order valence-electron chi connectivity index (χ1n) is 15.2. The van der Waals surface area contributed by atoms with Crippen LogP contribution in [0.3, 0.4) is 0 Å². The number of benzene rings is 4. The Bertz CT molecular complexity index is 1600. The van der Waals surface area contributed by atoms with Crippen molar-refractivity contribution in [3.8, 4) is 5.75 Å². The smallest absolute Gasteiger partial charge is 0.328 e. The lowest BCUT2D eigenvalue weighted by Gasteiger charge is -2.26. The number of carbonyl (C=O) groups excluding carboxylic acids is 3. The van der Waals surface area contributed by atoms with Gasteiger partial charge in [-0.25, -0.2) is 4.79 Å². The molecule has 0 aliphatic heterocycles. The molecule has 0 radical (unpaired) electrons. The average Bonchev–Trinajstić information content (AvgIpc) is 3.62. The van der Waals surface area contributed by atoms with Crippen LogP contribution in [0.5, 0.6) is 5.75 Å². The number of nitrogens with one attached hydrogen (secondary N) is 1. The zero-order chi connectivity index (χ0) is 31.6. The molecule has 1 saturated carbocycles. The van der Waals surface area contributed by atoms with Crippen LogP contribution in [-0.2, 0) is 20.7 Å². The van der Waals surface area contributed by atoms with Crippen molar-refractivity contribution in [1.82, 2.24) is 0 Å². The number of para-hydroxylation sites is 1. The van der Waals surface area contributed by atoms with E-state index in [9.17, 15) is 14.4 Å². The van der Waals surface area contributed by atoms with E-state index in [-0.39, 0.29) is 17.6 Å². The molecular formula is C37H37ClN2O5. The monoisotopic (exact) mass is 624 g/mol. The van der Waals surface area contributed by atoms with Crippen molar-refractivity contribution >= 4 is 40.6 Å². The van der Waals surface area contributed by atoms with Crippen molar-refractivity contribution in [1.29, 1.82) is 0 Å². The van der Waals surface area contributed by atoms with E-state index in [0.717, 1.165) is 36.9 Å². The fraction of sp³-hybridized carbons (Fsp3) is 0.270. The van der Waals surface area contributed by atoms with Gasteiger partial charge in [-0.2, -0.15) is 0 Å². The number of amides is 1. The van der Waals surface area contributed by atoms with Crippen molar-refractivity contribution in [2.24, 2.45) is 5.92 Å². The van der Waals surface area contributed by atoms with E-state index in [1.54, 1.807) is 41.3 Å². The molecule has 1 N–H and O–H groups in total. The molecule has 1 atom stereocenters. The number of nitrogens with zero attached hydrogens (tertiary/aromatic N) is 1. The van der Waals surface area contributed by atoms with Gasteiger partial charge in [-0.3, -0.25) is 9.59 Å². The maximum Gasteiger partial charge on any atom is 0.328 e. The van der Waals surface area contributed by atoms with Crippen LogP contribution in [0.25, 0.3) is 0 Å². The Morgan fingerprint density at radius 2 is 1.60 bits per heavy atom. The summed E-state index contributed by atoms with van der Waals surface area (Å²) >= 11 is 6.24. The maximum atomic E-state index is 13.4. The fourth-order valence-corrected chi connectivity index (χ4v) is 5.88. The minimum Gasteiger partial charge on any atom is -0.492 e. The molecule has 1 aliphatic rings. The highest BCUT2D eigenvalue weighted by Crippen LogP contribution is 2.30. The molecule has 1 unspecified atom stereocenters. The third-order valence-corrected chi connectivity index (χ3v) is 8.30. The maximum absolute atomic E-state index is 13.4. The number of ketones is 1. The van der Waals surface area contributed by atoms with E-state index >= 15 is 0 Å². The van der Waals surface area contributed by atoms with Crippen LogP contribution in [0.1, 0.15) is 47.2 Å². The largest absolute Gasteiger partial charge is 0.492 e. The molecule has 0 heterocycles. The Kier molecular flexibility index (Phi) is 10.9. The predicted octanol–water partition coefficient (Wildman–Crippen LogP) is 7.37. The van der Waals surface area contributed by atoms with Crippen molar-refractivity contribution < 1.29 is 23.9 Å². The number of hydrogen-bond donors (Lipinski definition) is 1. The molecule has 0 spiro atoms. The molecule has 232 valence electrons. The van der Waals surface area contributed by atoms with Crippen molar-refractivity contribution in [2.75, 3.05) is 30.5 Å². The molecule has 45 heavy (non-hydrogen) atoms. The Morgan fingerprint density at radius 3 is 2.31 bits per heavy atom. The van der Waals surface area contributed by atoms with E-state index in [1.807, 2.05) is 66.7 Å². The first-order chi connectivity index (χ1) is 21.9. The van der Waals surface area contributed by atoms with E-state index in [1.165, 1.54) is 7.11 Å². The summed E-state index contributed by atoms with van der Waals surface area (Å²) in [6, 6.07) is 30.3. The second kappa shape index (κ2) is 15.4. The van der Waals surface area contributed by atoms with E-state index < -0.39 is 12.0 Å². The van der Waals surface area contributed by atoms with Gasteiger partial charge in [0.15, 0.2) is 5.78 Å². The van der Waals surface area contributed by atoms with Gasteiger partial charge in [-0.05, 0) is 60.9 Å². The molecule has 0 bridgehead atoms. The van der Waals surface area contributed by atoms with Crippen LogP contribution in [0, 0.1) is 5.92 Å². The first kappa shape index (κ1) is 31.8. The Labute approximate surface area is 269 Å². The molecule has 5 rings (SSSR count). The van der Waals surface area contributed by atoms with Gasteiger partial charge in [0.1, 0.15) is 18.4 Å². The summed E-state index contributed by atoms with van der Waals surface area (Å²) in [4.78, 5) is 41.1. The summed E-state index contributed by atoms with van der Waals surface area (Å²) in [5, 5.41) is 3.82. The normalized spacial score (nSPS) is 13.6. The molecule has 0 aromatic heterocycles. The second-order valence-corrected chi connectivity index (χ2v) is 11.5. The Hall–Kier alpha value is -4.62. The molecule has 8 heteroatoms. The van der Waals surface area contributed by atoms with Crippen LogP contribution < -0.4 is 15.0 Å². The zero-order valence-electron chi connectivity index (χ0n) is 25.3. The Balaban J connectivity index is 1.23. The number of halogens is 1. The van der Waals surface area contributed by atoms with Gasteiger partial charge in [0, 0.05) is 39.9 Å². The number of carbonyl (C=O) groups is 3. The van der Waals surface area contributed by atoms with Crippen LogP contribution in [0.15, 0.2) is 103 Å². The van der Waals surface area contributed by atoms with Crippen molar-refractivity contribution in [3.63, 3.8) is 0 Å². The predicted molar refractivity (Wildman–Crippen MR) is 177 cm³/mol. The molecule has 1 aliphatic carbocycles. The van der Waals surface area contributed by atoms with Gasteiger partial charge in [-0.1, -0.05) is 85.1 Å². The molecule has 1 fully saturated rings. The number of ether oxygens (including phenoxy) is 2. The number of methoxy groups -OCH3 is 1. The topological polar surface area (TPSA) is 84.9 Å². The third-order valence-electron chi connectivity index (χ3n) is 8.06.